The molecule has 1 aliphatic rings. The maximum atomic E-state index is 12.4. The van der Waals surface area contributed by atoms with E-state index in [0.717, 1.165) is 11.8 Å². The quantitative estimate of drug-likeness (QED) is 0.500. The van der Waals surface area contributed by atoms with E-state index in [9.17, 15) is 18.0 Å². The lowest BCUT2D eigenvalue weighted by atomic mass is 10.2. The van der Waals surface area contributed by atoms with Gasteiger partial charge in [0.1, 0.15) is 0 Å². The topological polar surface area (TPSA) is 80.8 Å². The fraction of sp³-hybridized carbons (Fsp3) is 0.500. The lowest BCUT2D eigenvalue weighted by Crippen LogP contribution is -2.44. The number of benzene rings is 1. The molecule has 6 nitrogen and oxygen atoms in total. The Morgan fingerprint density at radius 2 is 2.08 bits per heavy atom. The predicted octanol–water partition coefficient (Wildman–Crippen LogP) is 2.66. The van der Waals surface area contributed by atoms with E-state index in [2.05, 4.69) is 0 Å². The highest BCUT2D eigenvalue weighted by Crippen LogP contribution is 2.30. The van der Waals surface area contributed by atoms with E-state index in [0.29, 0.717) is 21.4 Å². The average molecular weight is 440 g/mol. The number of hydrogen-bond donors (Lipinski definition) is 0. The molecule has 1 amide bonds. The van der Waals surface area contributed by atoms with E-state index in [-0.39, 0.29) is 23.3 Å². The molecule has 0 bridgehead atoms. The van der Waals surface area contributed by atoms with Gasteiger partial charge in [-0.25, -0.2) is 8.42 Å². The van der Waals surface area contributed by atoms with Crippen molar-refractivity contribution in [1.82, 2.24) is 4.90 Å². The average Bonchev–Trinajstić information content (AvgIpc) is 2.94. The zero-order valence-corrected chi connectivity index (χ0v) is 17.4. The molecule has 0 aliphatic carbocycles. The van der Waals surface area contributed by atoms with Gasteiger partial charge >= 0.3 is 5.97 Å². The molecule has 0 aromatic heterocycles. The first kappa shape index (κ1) is 21.3. The molecule has 1 heterocycles. The maximum Gasteiger partial charge on any atom is 0.317 e. The highest BCUT2D eigenvalue weighted by molar-refractivity contribution is 8.00. The normalized spacial score (nSPS) is 19.8. The Morgan fingerprint density at radius 3 is 2.69 bits per heavy atom. The van der Waals surface area contributed by atoms with Crippen LogP contribution < -0.4 is 0 Å². The van der Waals surface area contributed by atoms with Gasteiger partial charge < -0.3 is 9.64 Å². The summed E-state index contributed by atoms with van der Waals surface area (Å²) < 4.78 is 28.2. The van der Waals surface area contributed by atoms with Gasteiger partial charge in [-0.2, -0.15) is 0 Å². The Hall–Kier alpha value is -0.960. The number of sulfone groups is 1. The predicted molar refractivity (Wildman–Crippen MR) is 103 cm³/mol. The minimum atomic E-state index is -3.10. The molecule has 1 saturated heterocycles. The van der Waals surface area contributed by atoms with E-state index in [1.807, 2.05) is 0 Å². The van der Waals surface area contributed by atoms with E-state index < -0.39 is 27.8 Å². The van der Waals surface area contributed by atoms with Crippen molar-refractivity contribution in [3.05, 3.63) is 28.2 Å². The molecular weight excluding hydrogens is 421 g/mol. The summed E-state index contributed by atoms with van der Waals surface area (Å²) >= 11 is 13.1. The van der Waals surface area contributed by atoms with Crippen LogP contribution >= 0.6 is 35.0 Å². The van der Waals surface area contributed by atoms with Crippen molar-refractivity contribution in [2.24, 2.45) is 0 Å². The van der Waals surface area contributed by atoms with Gasteiger partial charge in [-0.3, -0.25) is 9.59 Å². The summed E-state index contributed by atoms with van der Waals surface area (Å²) in [6.45, 7) is 1.47. The summed E-state index contributed by atoms with van der Waals surface area (Å²) in [5.41, 5.74) is 0. The van der Waals surface area contributed by atoms with Gasteiger partial charge in [-0.05, 0) is 31.5 Å². The number of carbonyl (C=O) groups is 2. The SMILES string of the molecule is CC(OC(=O)CSc1cc(Cl)ccc1Cl)C(=O)N(C)C1CCS(=O)(=O)C1. The standard InChI is InChI=1S/C16H19Cl2NO5S2/c1-10(16(21)19(2)12-5-6-26(22,23)9-12)24-15(20)8-25-14-7-11(17)3-4-13(14)18/h3-4,7,10,12H,5-6,8-9H2,1-2H3. The van der Waals surface area contributed by atoms with Gasteiger partial charge in [0.05, 0.1) is 22.3 Å². The molecule has 2 rings (SSSR count). The molecule has 1 aliphatic heterocycles. The van der Waals surface area contributed by atoms with Crippen LogP contribution in [0.25, 0.3) is 0 Å². The largest absolute Gasteiger partial charge is 0.452 e. The molecular formula is C16H19Cl2NO5S2. The van der Waals surface area contributed by atoms with Crippen LogP contribution in [-0.2, 0) is 24.2 Å². The number of thioether (sulfide) groups is 1. The van der Waals surface area contributed by atoms with Crippen molar-refractivity contribution >= 4 is 56.7 Å². The van der Waals surface area contributed by atoms with Crippen molar-refractivity contribution in [3.8, 4) is 0 Å². The fourth-order valence-corrected chi connectivity index (χ4v) is 5.60. The van der Waals surface area contributed by atoms with Gasteiger partial charge in [-0.15, -0.1) is 11.8 Å². The van der Waals surface area contributed by atoms with Gasteiger partial charge in [-0.1, -0.05) is 23.2 Å². The van der Waals surface area contributed by atoms with Crippen LogP contribution in [0.1, 0.15) is 13.3 Å². The van der Waals surface area contributed by atoms with Crippen molar-refractivity contribution in [3.63, 3.8) is 0 Å². The number of carbonyl (C=O) groups excluding carboxylic acids is 2. The Morgan fingerprint density at radius 1 is 1.38 bits per heavy atom. The second kappa shape index (κ2) is 8.82. The second-order valence-electron chi connectivity index (χ2n) is 6.00. The third-order valence-electron chi connectivity index (χ3n) is 4.00. The van der Waals surface area contributed by atoms with Gasteiger partial charge in [0, 0.05) is 23.0 Å². The molecule has 1 aromatic carbocycles. The van der Waals surface area contributed by atoms with Crippen molar-refractivity contribution in [1.29, 1.82) is 0 Å². The van der Waals surface area contributed by atoms with Gasteiger partial charge in [0.15, 0.2) is 15.9 Å². The Labute approximate surface area is 167 Å². The first-order valence-corrected chi connectivity index (χ1v) is 11.4. The second-order valence-corrected chi connectivity index (χ2v) is 10.1. The van der Waals surface area contributed by atoms with Crippen molar-refractivity contribution in [2.75, 3.05) is 24.3 Å². The number of rotatable bonds is 6. The molecule has 10 heteroatoms. The third kappa shape index (κ3) is 5.77. The van der Waals surface area contributed by atoms with Crippen molar-refractivity contribution in [2.45, 2.75) is 30.4 Å². The van der Waals surface area contributed by atoms with E-state index >= 15 is 0 Å². The van der Waals surface area contributed by atoms with E-state index in [1.165, 1.54) is 18.9 Å². The number of hydrogen-bond acceptors (Lipinski definition) is 6. The number of ether oxygens (including phenoxy) is 1. The summed E-state index contributed by atoms with van der Waals surface area (Å²) in [6, 6.07) is 4.54. The first-order valence-electron chi connectivity index (χ1n) is 7.83. The molecule has 1 fully saturated rings. The highest BCUT2D eigenvalue weighted by Gasteiger charge is 2.34. The zero-order valence-electron chi connectivity index (χ0n) is 14.3. The minimum absolute atomic E-state index is 0.0286. The maximum absolute atomic E-state index is 12.4. The zero-order chi connectivity index (χ0) is 19.5. The molecule has 0 spiro atoms. The van der Waals surface area contributed by atoms with Crippen LogP contribution in [0.3, 0.4) is 0 Å². The molecule has 1 aromatic rings. The summed E-state index contributed by atoms with van der Waals surface area (Å²) in [4.78, 5) is 26.3. The third-order valence-corrected chi connectivity index (χ3v) is 7.45. The number of amides is 1. The first-order chi connectivity index (χ1) is 12.1. The Balaban J connectivity index is 1.86. The minimum Gasteiger partial charge on any atom is -0.452 e. The van der Waals surface area contributed by atoms with E-state index in [4.69, 9.17) is 27.9 Å². The van der Waals surface area contributed by atoms with Crippen LogP contribution in [-0.4, -0.2) is 61.6 Å². The van der Waals surface area contributed by atoms with Crippen LogP contribution in [0.15, 0.2) is 23.1 Å². The summed E-state index contributed by atoms with van der Waals surface area (Å²) in [5, 5.41) is 0.973. The van der Waals surface area contributed by atoms with Crippen LogP contribution in [0, 0.1) is 0 Å². The smallest absolute Gasteiger partial charge is 0.317 e. The lowest BCUT2D eigenvalue weighted by molar-refractivity contribution is -0.157. The Bertz CT molecular complexity index is 800. The highest BCUT2D eigenvalue weighted by atomic mass is 35.5. The number of likely N-dealkylation sites (N-methyl/N-ethyl adjacent to an activating group) is 1. The van der Waals surface area contributed by atoms with Crippen molar-refractivity contribution < 1.29 is 22.7 Å². The molecule has 26 heavy (non-hydrogen) atoms. The van der Waals surface area contributed by atoms with Crippen LogP contribution in [0.2, 0.25) is 10.0 Å². The number of esters is 1. The molecule has 0 radical (unpaired) electrons. The summed E-state index contributed by atoms with van der Waals surface area (Å²) in [5.74, 6) is -1.01. The summed E-state index contributed by atoms with van der Waals surface area (Å²) in [6.07, 6.45) is -0.597. The van der Waals surface area contributed by atoms with Gasteiger partial charge in [0.25, 0.3) is 5.91 Å². The molecule has 0 saturated carbocycles. The molecule has 2 unspecified atom stereocenters. The summed E-state index contributed by atoms with van der Waals surface area (Å²) in [7, 11) is -1.57. The molecule has 0 N–H and O–H groups in total. The monoisotopic (exact) mass is 439 g/mol. The molecule has 144 valence electrons. The molecule has 2 atom stereocenters. The fourth-order valence-electron chi connectivity index (χ4n) is 2.55. The van der Waals surface area contributed by atoms with E-state index in [1.54, 1.807) is 18.2 Å². The number of nitrogens with zero attached hydrogens (tertiary/aromatic N) is 1. The number of halogens is 2. The van der Waals surface area contributed by atoms with Crippen LogP contribution in [0.4, 0.5) is 0 Å². The Kier molecular flexibility index (Phi) is 7.24. The van der Waals surface area contributed by atoms with Gasteiger partial charge in [0.2, 0.25) is 0 Å². The van der Waals surface area contributed by atoms with Crippen LogP contribution in [0.5, 0.6) is 0 Å². The lowest BCUT2D eigenvalue weighted by Gasteiger charge is -2.26.